The van der Waals surface area contributed by atoms with Crippen LogP contribution in [0.2, 0.25) is 0 Å². The molecule has 0 saturated carbocycles. The van der Waals surface area contributed by atoms with E-state index in [1.165, 1.54) is 19.4 Å². The Hall–Kier alpha value is -2.70. The Morgan fingerprint density at radius 1 is 1.48 bits per heavy atom. The van der Waals surface area contributed by atoms with Crippen molar-refractivity contribution in [1.29, 1.82) is 0 Å². The molecule has 23 heavy (non-hydrogen) atoms. The average molecular weight is 319 g/mol. The first kappa shape index (κ1) is 16.7. The Balaban J connectivity index is 2.56. The smallest absolute Gasteiger partial charge is 0.314 e. The summed E-state index contributed by atoms with van der Waals surface area (Å²) in [6.45, 7) is 3.62. The summed E-state index contributed by atoms with van der Waals surface area (Å²) in [5.41, 5.74) is 6.95. The number of rotatable bonds is 5. The number of hydrogen-bond acceptors (Lipinski definition) is 6. The number of esters is 1. The molecule has 7 heteroatoms. The van der Waals surface area contributed by atoms with E-state index in [1.54, 1.807) is 26.0 Å². The minimum absolute atomic E-state index is 0.0765. The van der Waals surface area contributed by atoms with Crippen molar-refractivity contribution in [2.24, 2.45) is 0 Å². The zero-order valence-corrected chi connectivity index (χ0v) is 13.2. The number of carbonyl (C=O) groups excluding carboxylic acids is 1. The maximum absolute atomic E-state index is 14.4. The number of nitrogen functional groups attached to an aromatic ring is 1. The summed E-state index contributed by atoms with van der Waals surface area (Å²) in [5, 5.41) is 0. The van der Waals surface area contributed by atoms with Gasteiger partial charge in [0.1, 0.15) is 0 Å². The third-order valence-corrected chi connectivity index (χ3v) is 3.35. The topological polar surface area (TPSA) is 87.3 Å². The molecule has 2 heterocycles. The van der Waals surface area contributed by atoms with Crippen LogP contribution in [0, 0.1) is 5.95 Å². The van der Waals surface area contributed by atoms with E-state index in [4.69, 9.17) is 15.2 Å². The summed E-state index contributed by atoms with van der Waals surface area (Å²) in [4.78, 5) is 19.9. The molecule has 0 aliphatic heterocycles. The Bertz CT molecular complexity index is 698. The number of nitrogens with two attached hydrogens (primary N) is 1. The highest BCUT2D eigenvalue weighted by atomic mass is 19.1. The van der Waals surface area contributed by atoms with Crippen molar-refractivity contribution in [3.8, 4) is 17.0 Å². The molecule has 0 amide bonds. The highest BCUT2D eigenvalue weighted by molar-refractivity contribution is 5.84. The molecule has 0 fully saturated rings. The number of ether oxygens (including phenoxy) is 2. The molecule has 6 nitrogen and oxygen atoms in total. The largest absolute Gasteiger partial charge is 0.481 e. The molecule has 1 unspecified atom stereocenters. The average Bonchev–Trinajstić information content (AvgIpc) is 2.54. The van der Waals surface area contributed by atoms with Gasteiger partial charge in [-0.2, -0.15) is 9.37 Å². The third kappa shape index (κ3) is 3.39. The number of hydrogen-bond donors (Lipinski definition) is 1. The van der Waals surface area contributed by atoms with Gasteiger partial charge in [0.15, 0.2) is 0 Å². The molecule has 0 aromatic carbocycles. The van der Waals surface area contributed by atoms with Crippen LogP contribution in [-0.2, 0) is 9.53 Å². The molecule has 2 rings (SSSR count). The molecule has 0 spiro atoms. The van der Waals surface area contributed by atoms with Crippen molar-refractivity contribution < 1.29 is 18.7 Å². The van der Waals surface area contributed by atoms with Crippen molar-refractivity contribution in [2.45, 2.75) is 19.8 Å². The number of halogens is 1. The Labute approximate surface area is 133 Å². The second-order valence-corrected chi connectivity index (χ2v) is 4.83. The summed E-state index contributed by atoms with van der Waals surface area (Å²) in [7, 11) is 1.37. The third-order valence-electron chi connectivity index (χ3n) is 3.35. The number of nitrogens with zero attached hydrogens (tertiary/aromatic N) is 2. The summed E-state index contributed by atoms with van der Waals surface area (Å²) < 4.78 is 24.3. The molecule has 0 aliphatic rings. The van der Waals surface area contributed by atoms with Crippen LogP contribution < -0.4 is 10.5 Å². The van der Waals surface area contributed by atoms with E-state index in [2.05, 4.69) is 9.97 Å². The van der Waals surface area contributed by atoms with Gasteiger partial charge in [0.2, 0.25) is 11.8 Å². The Morgan fingerprint density at radius 3 is 2.83 bits per heavy atom. The minimum atomic E-state index is -0.785. The van der Waals surface area contributed by atoms with Crippen LogP contribution >= 0.6 is 0 Å². The predicted molar refractivity (Wildman–Crippen MR) is 83.4 cm³/mol. The zero-order chi connectivity index (χ0) is 17.0. The molecule has 122 valence electrons. The number of pyridine rings is 2. The van der Waals surface area contributed by atoms with Gasteiger partial charge in [-0.25, -0.2) is 0 Å². The lowest BCUT2D eigenvalue weighted by atomic mass is 9.96. The fraction of sp³-hybridized carbons (Fsp3) is 0.312. The van der Waals surface area contributed by atoms with Crippen LogP contribution in [0.15, 0.2) is 24.4 Å². The molecule has 2 aromatic rings. The summed E-state index contributed by atoms with van der Waals surface area (Å²) >= 11 is 0. The standard InChI is InChI=1S/C16H18FN3O3/c1-4-23-16(21)9(2)14-10(6-5-7-19-14)13-11(18)8-12(22-3)20-15(13)17/h5-9H,4H2,1-3H3,(H2,18,20). The van der Waals surface area contributed by atoms with Gasteiger partial charge in [-0.1, -0.05) is 6.07 Å². The zero-order valence-electron chi connectivity index (χ0n) is 13.2. The van der Waals surface area contributed by atoms with Gasteiger partial charge in [-0.05, 0) is 19.9 Å². The summed E-state index contributed by atoms with van der Waals surface area (Å²) in [5.74, 6) is -1.81. The Kier molecular flexibility index (Phi) is 5.10. The highest BCUT2D eigenvalue weighted by Crippen LogP contribution is 2.35. The highest BCUT2D eigenvalue weighted by Gasteiger charge is 2.24. The molecule has 0 radical (unpaired) electrons. The maximum atomic E-state index is 14.4. The van der Waals surface area contributed by atoms with Gasteiger partial charge in [-0.3, -0.25) is 9.78 Å². The van der Waals surface area contributed by atoms with Crippen molar-refractivity contribution in [3.05, 3.63) is 36.0 Å². The van der Waals surface area contributed by atoms with Gasteiger partial charge < -0.3 is 15.2 Å². The number of methoxy groups -OCH3 is 1. The van der Waals surface area contributed by atoms with E-state index >= 15 is 0 Å². The lowest BCUT2D eigenvalue weighted by Crippen LogP contribution is -2.15. The second-order valence-electron chi connectivity index (χ2n) is 4.83. The lowest BCUT2D eigenvalue weighted by molar-refractivity contribution is -0.144. The van der Waals surface area contributed by atoms with Gasteiger partial charge in [0.25, 0.3) is 0 Å². The quantitative estimate of drug-likeness (QED) is 0.673. The SMILES string of the molecule is CCOC(=O)C(C)c1ncccc1-c1c(N)cc(OC)nc1F. The molecule has 2 N–H and O–H groups in total. The van der Waals surface area contributed by atoms with E-state index in [-0.39, 0.29) is 23.7 Å². The van der Waals surface area contributed by atoms with Crippen LogP contribution in [0.4, 0.5) is 10.1 Å². The molecular formula is C16H18FN3O3. The fourth-order valence-electron chi connectivity index (χ4n) is 2.23. The Morgan fingerprint density at radius 2 is 2.22 bits per heavy atom. The summed E-state index contributed by atoms with van der Waals surface area (Å²) in [6.07, 6.45) is 1.53. The van der Waals surface area contributed by atoms with E-state index in [0.717, 1.165) is 0 Å². The van der Waals surface area contributed by atoms with Gasteiger partial charge >= 0.3 is 5.97 Å². The van der Waals surface area contributed by atoms with Crippen molar-refractivity contribution >= 4 is 11.7 Å². The predicted octanol–water partition coefficient (Wildman–Crippen LogP) is 2.54. The maximum Gasteiger partial charge on any atom is 0.314 e. The van der Waals surface area contributed by atoms with Crippen molar-refractivity contribution in [1.82, 2.24) is 9.97 Å². The molecular weight excluding hydrogens is 301 g/mol. The van der Waals surface area contributed by atoms with Crippen molar-refractivity contribution in [2.75, 3.05) is 19.5 Å². The molecule has 0 saturated heterocycles. The van der Waals surface area contributed by atoms with E-state index in [1.807, 2.05) is 0 Å². The molecule has 0 bridgehead atoms. The van der Waals surface area contributed by atoms with Crippen LogP contribution in [0.5, 0.6) is 5.88 Å². The molecule has 0 aliphatic carbocycles. The first-order valence-corrected chi connectivity index (χ1v) is 7.11. The van der Waals surface area contributed by atoms with Crippen LogP contribution in [0.25, 0.3) is 11.1 Å². The van der Waals surface area contributed by atoms with E-state index in [9.17, 15) is 9.18 Å². The minimum Gasteiger partial charge on any atom is -0.481 e. The van der Waals surface area contributed by atoms with Gasteiger partial charge in [0, 0.05) is 23.5 Å². The molecule has 1 atom stereocenters. The van der Waals surface area contributed by atoms with Crippen LogP contribution in [0.3, 0.4) is 0 Å². The van der Waals surface area contributed by atoms with E-state index in [0.29, 0.717) is 11.3 Å². The first-order valence-electron chi connectivity index (χ1n) is 7.11. The van der Waals surface area contributed by atoms with Gasteiger partial charge in [0.05, 0.1) is 30.9 Å². The summed E-state index contributed by atoms with van der Waals surface area (Å²) in [6, 6.07) is 4.70. The lowest BCUT2D eigenvalue weighted by Gasteiger charge is -2.16. The monoisotopic (exact) mass is 319 g/mol. The van der Waals surface area contributed by atoms with Crippen LogP contribution in [-0.4, -0.2) is 29.7 Å². The first-order chi connectivity index (χ1) is 11.0. The van der Waals surface area contributed by atoms with Gasteiger partial charge in [-0.15, -0.1) is 0 Å². The van der Waals surface area contributed by atoms with Crippen LogP contribution in [0.1, 0.15) is 25.5 Å². The normalized spacial score (nSPS) is 11.8. The van der Waals surface area contributed by atoms with Crippen molar-refractivity contribution in [3.63, 3.8) is 0 Å². The second kappa shape index (κ2) is 7.04. The fourth-order valence-corrected chi connectivity index (χ4v) is 2.23. The van der Waals surface area contributed by atoms with E-state index < -0.39 is 17.8 Å². The number of aromatic nitrogens is 2. The number of carbonyl (C=O) groups is 1. The number of anilines is 1. The molecule has 2 aromatic heterocycles.